The molecule has 1 aromatic heterocycles. The van der Waals surface area contributed by atoms with Crippen LogP contribution in [0, 0.1) is 0 Å². The quantitative estimate of drug-likeness (QED) is 0.904. The number of ether oxygens (including phenoxy) is 1. The van der Waals surface area contributed by atoms with Crippen LogP contribution in [0.3, 0.4) is 0 Å². The maximum Gasteiger partial charge on any atom is 0.335 e. The van der Waals surface area contributed by atoms with E-state index in [1.807, 2.05) is 0 Å². The van der Waals surface area contributed by atoms with Crippen molar-refractivity contribution in [2.24, 2.45) is 0 Å². The summed E-state index contributed by atoms with van der Waals surface area (Å²) in [5.41, 5.74) is 0.799. The van der Waals surface area contributed by atoms with Crippen molar-refractivity contribution in [3.05, 3.63) is 41.8 Å². The largest absolute Gasteiger partial charge is 0.478 e. The van der Waals surface area contributed by atoms with E-state index in [1.165, 1.54) is 24.6 Å². The molecule has 1 atom stereocenters. The Morgan fingerprint density at radius 1 is 1.38 bits per heavy atom. The summed E-state index contributed by atoms with van der Waals surface area (Å²) in [6.07, 6.45) is 4.66. The molecule has 0 saturated carbocycles. The third kappa shape index (κ3) is 3.16. The molecule has 0 bridgehead atoms. The molecule has 0 aliphatic carbocycles. The molecule has 1 fully saturated rings. The van der Waals surface area contributed by atoms with Gasteiger partial charge in [-0.25, -0.2) is 9.78 Å². The Labute approximate surface area is 138 Å². The molecule has 2 heterocycles. The van der Waals surface area contributed by atoms with E-state index in [9.17, 15) is 14.7 Å². The molecule has 2 aromatic rings. The van der Waals surface area contributed by atoms with Gasteiger partial charge in [-0.3, -0.25) is 4.79 Å². The van der Waals surface area contributed by atoms with Gasteiger partial charge in [0.2, 0.25) is 5.89 Å². The van der Waals surface area contributed by atoms with Crippen LogP contribution in [0.25, 0.3) is 11.5 Å². The highest BCUT2D eigenvalue weighted by Gasteiger charge is 2.30. The molecule has 7 nitrogen and oxygen atoms in total. The number of aromatic carboxylic acids is 1. The Kier molecular flexibility index (Phi) is 4.61. The number of hydrogen-bond acceptors (Lipinski definition) is 5. The molecular weight excluding hydrogens is 312 g/mol. The van der Waals surface area contributed by atoms with Gasteiger partial charge in [0.1, 0.15) is 6.26 Å². The van der Waals surface area contributed by atoms with Crippen LogP contribution in [-0.4, -0.2) is 53.2 Å². The summed E-state index contributed by atoms with van der Waals surface area (Å²) in [4.78, 5) is 30.0. The highest BCUT2D eigenvalue weighted by Crippen LogP contribution is 2.25. The number of carbonyl (C=O) groups excluding carboxylic acids is 1. The first-order chi connectivity index (χ1) is 11.6. The van der Waals surface area contributed by atoms with Gasteiger partial charge in [0.15, 0.2) is 0 Å². The van der Waals surface area contributed by atoms with E-state index in [2.05, 4.69) is 4.98 Å². The number of hydrogen-bond donors (Lipinski definition) is 1. The predicted octanol–water partition coefficient (Wildman–Crippen LogP) is 2.29. The van der Waals surface area contributed by atoms with Crippen molar-refractivity contribution in [3.63, 3.8) is 0 Å². The number of carboxylic acid groups (broad SMARTS) is 1. The first kappa shape index (κ1) is 16.2. The summed E-state index contributed by atoms with van der Waals surface area (Å²) in [6.45, 7) is 1.11. The maximum atomic E-state index is 12.9. The number of oxazole rings is 1. The summed E-state index contributed by atoms with van der Waals surface area (Å²) >= 11 is 0. The van der Waals surface area contributed by atoms with E-state index in [0.717, 1.165) is 12.8 Å². The molecule has 1 aromatic carbocycles. The molecule has 1 N–H and O–H groups in total. The number of amides is 1. The maximum absolute atomic E-state index is 12.9. The minimum Gasteiger partial charge on any atom is -0.478 e. The Hall–Kier alpha value is -2.67. The van der Waals surface area contributed by atoms with E-state index in [-0.39, 0.29) is 23.4 Å². The second kappa shape index (κ2) is 6.84. The molecule has 24 heavy (non-hydrogen) atoms. The first-order valence-electron chi connectivity index (χ1n) is 7.68. The smallest absolute Gasteiger partial charge is 0.335 e. The summed E-state index contributed by atoms with van der Waals surface area (Å²) in [5.74, 6) is -1.03. The second-order valence-electron chi connectivity index (χ2n) is 5.69. The topological polar surface area (TPSA) is 92.9 Å². The van der Waals surface area contributed by atoms with Gasteiger partial charge >= 0.3 is 5.97 Å². The average molecular weight is 330 g/mol. The number of rotatable bonds is 5. The molecule has 1 aliphatic rings. The lowest BCUT2D eigenvalue weighted by Crippen LogP contribution is -2.38. The van der Waals surface area contributed by atoms with E-state index in [0.29, 0.717) is 24.3 Å². The molecule has 1 aliphatic heterocycles. The first-order valence-corrected chi connectivity index (χ1v) is 7.68. The van der Waals surface area contributed by atoms with E-state index >= 15 is 0 Å². The van der Waals surface area contributed by atoms with E-state index in [1.54, 1.807) is 18.1 Å². The molecule has 7 heteroatoms. The normalized spacial score (nSPS) is 17.2. The van der Waals surface area contributed by atoms with Gasteiger partial charge in [0, 0.05) is 24.8 Å². The number of aromatic nitrogens is 1. The Morgan fingerprint density at radius 3 is 2.83 bits per heavy atom. The van der Waals surface area contributed by atoms with Crippen LogP contribution < -0.4 is 0 Å². The van der Waals surface area contributed by atoms with Crippen molar-refractivity contribution in [2.45, 2.75) is 18.9 Å². The molecule has 0 spiro atoms. The summed E-state index contributed by atoms with van der Waals surface area (Å²) < 4.78 is 10.4. The predicted molar refractivity (Wildman–Crippen MR) is 84.8 cm³/mol. The van der Waals surface area contributed by atoms with Gasteiger partial charge in [-0.15, -0.1) is 0 Å². The molecular formula is C17H18N2O5. The fourth-order valence-corrected chi connectivity index (χ4v) is 3.00. The number of carbonyl (C=O) groups is 2. The summed E-state index contributed by atoms with van der Waals surface area (Å²) in [5, 5.41) is 9.32. The number of likely N-dealkylation sites (tertiary alicyclic amines) is 1. The van der Waals surface area contributed by atoms with Gasteiger partial charge in [0.05, 0.1) is 24.4 Å². The number of nitrogens with zero attached hydrogens (tertiary/aromatic N) is 2. The van der Waals surface area contributed by atoms with E-state index in [4.69, 9.17) is 9.15 Å². The fourth-order valence-electron chi connectivity index (χ4n) is 3.00. The number of methoxy groups -OCH3 is 1. The van der Waals surface area contributed by atoms with Gasteiger partial charge in [-0.1, -0.05) is 0 Å². The van der Waals surface area contributed by atoms with Gasteiger partial charge < -0.3 is 19.2 Å². The van der Waals surface area contributed by atoms with Crippen molar-refractivity contribution in [1.29, 1.82) is 0 Å². The molecule has 1 saturated heterocycles. The zero-order valence-electron chi connectivity index (χ0n) is 13.3. The number of benzene rings is 1. The highest BCUT2D eigenvalue weighted by molar-refractivity contribution is 5.99. The van der Waals surface area contributed by atoms with Crippen LogP contribution in [-0.2, 0) is 4.74 Å². The summed E-state index contributed by atoms with van der Waals surface area (Å²) in [6, 6.07) is 4.46. The zero-order chi connectivity index (χ0) is 17.1. The van der Waals surface area contributed by atoms with Crippen molar-refractivity contribution >= 4 is 11.9 Å². The van der Waals surface area contributed by atoms with E-state index < -0.39 is 5.97 Å². The lowest BCUT2D eigenvalue weighted by molar-refractivity contribution is 0.0630. The number of carboxylic acids is 1. The highest BCUT2D eigenvalue weighted by atomic mass is 16.5. The molecule has 3 rings (SSSR count). The average Bonchev–Trinajstić information content (AvgIpc) is 3.26. The SMILES string of the molecule is COCC1CCCN1C(=O)c1cc(C(=O)O)cc(-c2ncco2)c1. The van der Waals surface area contributed by atoms with Crippen molar-refractivity contribution in [1.82, 2.24) is 9.88 Å². The van der Waals surface area contributed by atoms with Crippen LogP contribution in [0.5, 0.6) is 0 Å². The van der Waals surface area contributed by atoms with Crippen molar-refractivity contribution in [2.75, 3.05) is 20.3 Å². The van der Waals surface area contributed by atoms with Crippen LogP contribution >= 0.6 is 0 Å². The van der Waals surface area contributed by atoms with Crippen LogP contribution in [0.4, 0.5) is 0 Å². The van der Waals surface area contributed by atoms with Crippen LogP contribution in [0.15, 0.2) is 35.1 Å². The lowest BCUT2D eigenvalue weighted by atomic mass is 10.0. The second-order valence-corrected chi connectivity index (χ2v) is 5.69. The third-order valence-electron chi connectivity index (χ3n) is 4.10. The molecule has 1 unspecified atom stereocenters. The molecule has 0 radical (unpaired) electrons. The third-order valence-corrected chi connectivity index (χ3v) is 4.10. The van der Waals surface area contributed by atoms with Gasteiger partial charge in [-0.2, -0.15) is 0 Å². The van der Waals surface area contributed by atoms with Crippen molar-refractivity contribution < 1.29 is 23.8 Å². The minimum atomic E-state index is -1.10. The van der Waals surface area contributed by atoms with Crippen LogP contribution in [0.2, 0.25) is 0 Å². The monoisotopic (exact) mass is 330 g/mol. The molecule has 126 valence electrons. The molecule has 1 amide bonds. The Morgan fingerprint density at radius 2 is 2.17 bits per heavy atom. The lowest BCUT2D eigenvalue weighted by Gasteiger charge is -2.24. The summed E-state index contributed by atoms with van der Waals surface area (Å²) in [7, 11) is 1.60. The zero-order valence-corrected chi connectivity index (χ0v) is 13.3. The minimum absolute atomic E-state index is 0.0150. The fraction of sp³-hybridized carbons (Fsp3) is 0.353. The Bertz CT molecular complexity index is 741. The Balaban J connectivity index is 1.97. The standard InChI is InChI=1S/C17H18N2O5/c1-23-10-14-3-2-5-19(14)16(20)12-7-11(15-18-4-6-24-15)8-13(9-12)17(21)22/h4,6-9,14H,2-3,5,10H2,1H3,(H,21,22). The van der Waals surface area contributed by atoms with Gasteiger partial charge in [-0.05, 0) is 31.0 Å². The van der Waals surface area contributed by atoms with Crippen LogP contribution in [0.1, 0.15) is 33.6 Å². The van der Waals surface area contributed by atoms with Crippen molar-refractivity contribution in [3.8, 4) is 11.5 Å². The van der Waals surface area contributed by atoms with Gasteiger partial charge in [0.25, 0.3) is 5.91 Å².